The first-order valence-electron chi connectivity index (χ1n) is 3.76. The van der Waals surface area contributed by atoms with Crippen molar-refractivity contribution in [2.45, 2.75) is 6.04 Å². The van der Waals surface area contributed by atoms with Gasteiger partial charge in [0.15, 0.2) is 0 Å². The maximum atomic E-state index is 5.55. The van der Waals surface area contributed by atoms with Gasteiger partial charge < -0.3 is 14.3 Å². The molecule has 0 bridgehead atoms. The second kappa shape index (κ2) is 13.5. The van der Waals surface area contributed by atoms with Crippen molar-refractivity contribution in [2.24, 2.45) is 0 Å². The molecule has 0 spiro atoms. The quantitative estimate of drug-likeness (QED) is 0.457. The molecule has 0 aliphatic heterocycles. The van der Waals surface area contributed by atoms with Crippen molar-refractivity contribution in [3.63, 3.8) is 0 Å². The first kappa shape index (κ1) is 16.9. The molecule has 0 saturated carbocycles. The molecule has 0 amide bonds. The maximum Gasteiger partial charge on any atom is 0.322 e. The zero-order valence-electron chi connectivity index (χ0n) is 7.27. The van der Waals surface area contributed by atoms with Crippen LogP contribution in [-0.4, -0.2) is 44.0 Å². The Hall–Kier alpha value is 1.54. The average molecular weight is 403 g/mol. The lowest BCUT2D eigenvalue weighted by atomic mass is 10.9. The Bertz CT molecular complexity index is 91.2. The molecule has 3 nitrogen and oxygen atoms in total. The first-order chi connectivity index (χ1) is 5.85. The molecule has 0 aromatic carbocycles. The van der Waals surface area contributed by atoms with E-state index in [4.69, 9.17) is 8.85 Å². The topological polar surface area (TPSA) is 50.0 Å². The molecule has 0 saturated heterocycles. The molecule has 7 heteroatoms. The number of rotatable bonds is 8. The lowest BCUT2D eigenvalue weighted by Crippen LogP contribution is -2.25. The van der Waals surface area contributed by atoms with Gasteiger partial charge in [0.1, 0.15) is 0 Å². The van der Waals surface area contributed by atoms with E-state index < -0.39 is 9.28 Å². The van der Waals surface area contributed by atoms with Crippen molar-refractivity contribution in [1.29, 1.82) is 0 Å². The van der Waals surface area contributed by atoms with E-state index in [1.165, 1.54) is 0 Å². The van der Waals surface area contributed by atoms with Gasteiger partial charge in [-0.25, -0.2) is 0 Å². The Morgan fingerprint density at radius 1 is 0.846 bits per heavy atom. The van der Waals surface area contributed by atoms with Gasteiger partial charge in [0.25, 0.3) is 0 Å². The van der Waals surface area contributed by atoms with E-state index in [0.29, 0.717) is 0 Å². The highest BCUT2D eigenvalue weighted by atomic mass is 79.9. The van der Waals surface area contributed by atoms with Crippen LogP contribution < -0.4 is 0 Å². The van der Waals surface area contributed by atoms with Gasteiger partial charge in [0.2, 0.25) is 0 Å². The Kier molecular flexibility index (Phi) is 17.6. The lowest BCUT2D eigenvalue weighted by molar-refractivity contribution is 0.219. The molecule has 0 fully saturated rings. The summed E-state index contributed by atoms with van der Waals surface area (Å²) in [4.78, 5) is 0. The first-order valence-corrected chi connectivity index (χ1v) is 8.88. The summed E-state index contributed by atoms with van der Waals surface area (Å²) in [5.74, 6) is 0. The van der Waals surface area contributed by atoms with Crippen molar-refractivity contribution < 1.29 is 14.3 Å². The van der Waals surface area contributed by atoms with E-state index >= 15 is 0 Å². The van der Waals surface area contributed by atoms with Crippen LogP contribution in [0.1, 0.15) is 0 Å². The summed E-state index contributed by atoms with van der Waals surface area (Å²) in [6.45, 7) is 1.51. The third kappa shape index (κ3) is 11.5. The van der Waals surface area contributed by atoms with E-state index in [0.717, 1.165) is 35.2 Å². The van der Waals surface area contributed by atoms with Gasteiger partial charge in [-0.3, -0.25) is 0 Å². The zero-order chi connectivity index (χ0) is 9.23. The van der Waals surface area contributed by atoms with Crippen molar-refractivity contribution in [3.8, 4) is 0 Å². The summed E-state index contributed by atoms with van der Waals surface area (Å²) in [5, 5.41) is 2.74. The zero-order valence-corrected chi connectivity index (χ0v) is 13.2. The SMILES string of the molecule is BrCCO[SiH](CCBr)OCCBr.O. The largest absolute Gasteiger partial charge is 0.412 e. The van der Waals surface area contributed by atoms with Crippen molar-refractivity contribution in [1.82, 2.24) is 0 Å². The van der Waals surface area contributed by atoms with Gasteiger partial charge in [-0.05, 0) is 6.04 Å². The minimum Gasteiger partial charge on any atom is -0.412 e. The summed E-state index contributed by atoms with van der Waals surface area (Å²) in [6.07, 6.45) is 0. The summed E-state index contributed by atoms with van der Waals surface area (Å²) in [7, 11) is -1.38. The molecule has 0 aliphatic rings. The van der Waals surface area contributed by atoms with Crippen LogP contribution in [0.5, 0.6) is 0 Å². The van der Waals surface area contributed by atoms with Crippen LogP contribution in [0.3, 0.4) is 0 Å². The molecule has 0 heterocycles. The van der Waals surface area contributed by atoms with Gasteiger partial charge >= 0.3 is 9.28 Å². The fourth-order valence-electron chi connectivity index (χ4n) is 0.656. The highest BCUT2D eigenvalue weighted by Crippen LogP contribution is 2.01. The van der Waals surface area contributed by atoms with Gasteiger partial charge in [-0.15, -0.1) is 0 Å². The Labute approximate surface area is 106 Å². The van der Waals surface area contributed by atoms with E-state index in [1.54, 1.807) is 0 Å². The molecule has 2 N–H and O–H groups in total. The number of halogens is 3. The van der Waals surface area contributed by atoms with Gasteiger partial charge in [0.05, 0.1) is 0 Å². The standard InChI is InChI=1S/C6H13Br3O2Si.H2O/c7-1-4-10-12(6-3-9)11-5-2-8;/h12H,1-6H2;1H2. The van der Waals surface area contributed by atoms with E-state index in [1.807, 2.05) is 0 Å². The monoisotopic (exact) mass is 400 g/mol. The smallest absolute Gasteiger partial charge is 0.322 e. The van der Waals surface area contributed by atoms with Gasteiger partial charge in [-0.2, -0.15) is 0 Å². The average Bonchev–Trinajstić information content (AvgIpc) is 2.10. The highest BCUT2D eigenvalue weighted by molar-refractivity contribution is 9.09. The molecule has 0 radical (unpaired) electrons. The van der Waals surface area contributed by atoms with Gasteiger partial charge in [-0.1, -0.05) is 47.8 Å². The molecule has 0 aliphatic carbocycles. The predicted octanol–water partition coefficient (Wildman–Crippen LogP) is 1.60. The van der Waals surface area contributed by atoms with Crippen LogP contribution in [0.2, 0.25) is 6.04 Å². The predicted molar refractivity (Wildman–Crippen MR) is 68.9 cm³/mol. The second-order valence-electron chi connectivity index (χ2n) is 2.03. The van der Waals surface area contributed by atoms with Crippen LogP contribution in [0.15, 0.2) is 0 Å². The van der Waals surface area contributed by atoms with Crippen LogP contribution in [0, 0.1) is 0 Å². The van der Waals surface area contributed by atoms with Crippen molar-refractivity contribution in [3.05, 3.63) is 0 Å². The highest BCUT2D eigenvalue weighted by Gasteiger charge is 2.11. The van der Waals surface area contributed by atoms with Crippen LogP contribution in [-0.2, 0) is 8.85 Å². The fourth-order valence-corrected chi connectivity index (χ4v) is 4.21. The van der Waals surface area contributed by atoms with Crippen LogP contribution in [0.25, 0.3) is 0 Å². The Balaban J connectivity index is 0. The molecule has 13 heavy (non-hydrogen) atoms. The Morgan fingerprint density at radius 2 is 1.31 bits per heavy atom. The van der Waals surface area contributed by atoms with Crippen molar-refractivity contribution >= 4 is 57.1 Å². The molecular formula is C6H15Br3O3Si. The molecule has 0 rings (SSSR count). The normalized spacial score (nSPS) is 10.2. The molecule has 82 valence electrons. The van der Waals surface area contributed by atoms with Crippen LogP contribution >= 0.6 is 47.8 Å². The molecular weight excluding hydrogens is 388 g/mol. The summed E-state index contributed by atoms with van der Waals surface area (Å²) < 4.78 is 11.1. The van der Waals surface area contributed by atoms with Gasteiger partial charge in [0, 0.05) is 29.2 Å². The summed E-state index contributed by atoms with van der Waals surface area (Å²) >= 11 is 10.0. The second-order valence-corrected chi connectivity index (χ2v) is 6.51. The third-order valence-corrected chi connectivity index (χ3v) is 5.03. The number of hydrogen-bond acceptors (Lipinski definition) is 2. The maximum absolute atomic E-state index is 5.55. The minimum absolute atomic E-state index is 0. The van der Waals surface area contributed by atoms with E-state index in [-0.39, 0.29) is 5.48 Å². The molecule has 0 unspecified atom stereocenters. The van der Waals surface area contributed by atoms with Crippen LogP contribution in [0.4, 0.5) is 0 Å². The minimum atomic E-state index is -1.38. The van der Waals surface area contributed by atoms with Crippen molar-refractivity contribution in [2.75, 3.05) is 29.2 Å². The Morgan fingerprint density at radius 3 is 1.62 bits per heavy atom. The fraction of sp³-hybridized carbons (Fsp3) is 1.00. The lowest BCUT2D eigenvalue weighted by Gasteiger charge is -2.13. The van der Waals surface area contributed by atoms with E-state index in [9.17, 15) is 0 Å². The number of hydrogen-bond donors (Lipinski definition) is 0. The summed E-state index contributed by atoms with van der Waals surface area (Å²) in [6, 6.07) is 1.03. The molecule has 0 aromatic heterocycles. The third-order valence-electron chi connectivity index (χ3n) is 1.11. The molecule has 0 atom stereocenters. The molecule has 0 aromatic rings. The summed E-state index contributed by atoms with van der Waals surface area (Å²) in [5.41, 5.74) is 0. The number of alkyl halides is 3. The van der Waals surface area contributed by atoms with E-state index in [2.05, 4.69) is 47.8 Å².